The van der Waals surface area contributed by atoms with Crippen LogP contribution >= 0.6 is 0 Å². The molecule has 0 unspecified atom stereocenters. The molecule has 7 heteroatoms. The second kappa shape index (κ2) is 12.9. The largest absolute Gasteiger partial charge is 0.457 e. The summed E-state index contributed by atoms with van der Waals surface area (Å²) in [6.45, 7) is 8.49. The van der Waals surface area contributed by atoms with Gasteiger partial charge in [-0.3, -0.25) is 8.97 Å². The predicted molar refractivity (Wildman–Crippen MR) is 238 cm³/mol. The van der Waals surface area contributed by atoms with E-state index in [2.05, 4.69) is 199 Å². The molecule has 0 amide bonds. The van der Waals surface area contributed by atoms with Crippen molar-refractivity contribution in [3.8, 4) is 17.2 Å². The summed E-state index contributed by atoms with van der Waals surface area (Å²) in [5.74, 6) is 2.45. The summed E-state index contributed by atoms with van der Waals surface area (Å²) in [5.41, 5.74) is 7.25. The lowest BCUT2D eigenvalue weighted by Crippen LogP contribution is -2.75. The number of imidazole rings is 2. The normalized spacial score (nSPS) is 14.6. The number of aromatic nitrogens is 3. The van der Waals surface area contributed by atoms with Crippen LogP contribution in [-0.2, 0) is 4.66 Å². The van der Waals surface area contributed by atoms with Crippen LogP contribution in [0.1, 0.15) is 11.1 Å². The van der Waals surface area contributed by atoms with Crippen LogP contribution in [0.5, 0.6) is 11.5 Å². The summed E-state index contributed by atoms with van der Waals surface area (Å²) in [5, 5.41) is 4.79. The second-order valence-electron chi connectivity index (χ2n) is 15.1. The number of hydrogen-bond donors (Lipinski definition) is 0. The molecule has 0 saturated heterocycles. The van der Waals surface area contributed by atoms with Crippen LogP contribution in [0.2, 0.25) is 26.2 Å². The molecule has 1 aliphatic rings. The predicted octanol–water partition coefficient (Wildman–Crippen LogP) is 8.25. The number of nitrogens with zero attached hydrogens (tertiary/aromatic N) is 3. The first-order valence-electron chi connectivity index (χ1n) is 20.1. The smallest absolute Gasteiger partial charge is 0.220 e. The van der Waals surface area contributed by atoms with E-state index in [0.717, 1.165) is 61.3 Å². The lowest BCUT2D eigenvalue weighted by molar-refractivity contribution is 0.454. The van der Waals surface area contributed by atoms with E-state index in [1.54, 1.807) is 0 Å². The van der Waals surface area contributed by atoms with E-state index in [9.17, 15) is 2.47 Å². The fourth-order valence-electron chi connectivity index (χ4n) is 9.76. The zero-order valence-electron chi connectivity index (χ0n) is 33.5. The Morgan fingerprint density at radius 3 is 1.84 bits per heavy atom. The maximum absolute atomic E-state index is 10.1. The lowest BCUT2D eigenvalue weighted by Gasteiger charge is -2.47. The number of benzene rings is 7. The van der Waals surface area contributed by atoms with Crippen molar-refractivity contribution in [2.24, 2.45) is 0 Å². The van der Waals surface area contributed by atoms with E-state index in [1.807, 2.05) is 12.1 Å². The molecular formula is C48H43N3OSi3. The maximum atomic E-state index is 10.1. The third kappa shape index (κ3) is 4.76. The summed E-state index contributed by atoms with van der Waals surface area (Å²) >= 11 is 0. The van der Waals surface area contributed by atoms with Crippen LogP contribution in [0.4, 0.5) is 0 Å². The van der Waals surface area contributed by atoms with Crippen molar-refractivity contribution in [1.82, 2.24) is 14.0 Å². The minimum atomic E-state index is -3.25. The van der Waals surface area contributed by atoms with Gasteiger partial charge in [0.1, 0.15) is 11.5 Å². The molecule has 0 aliphatic carbocycles. The van der Waals surface area contributed by atoms with Crippen molar-refractivity contribution in [3.05, 3.63) is 187 Å². The lowest BCUT2D eigenvalue weighted by atomic mass is 9.98. The monoisotopic (exact) mass is 763 g/mol. The molecule has 0 radical (unpaired) electrons. The third-order valence-electron chi connectivity index (χ3n) is 11.9. The van der Waals surface area contributed by atoms with Gasteiger partial charge in [0, 0.05) is 30.3 Å². The van der Waals surface area contributed by atoms with Gasteiger partial charge in [-0.15, -0.1) is 0 Å². The Hall–Kier alpha value is -5.74. The number of para-hydroxylation sites is 6. The fourth-order valence-corrected chi connectivity index (χ4v) is 21.6. The van der Waals surface area contributed by atoms with Gasteiger partial charge in [0.05, 0.1) is 22.1 Å². The van der Waals surface area contributed by atoms with Crippen molar-refractivity contribution < 1.29 is 4.74 Å². The maximum Gasteiger partial charge on any atom is 0.220 e. The highest BCUT2D eigenvalue weighted by Gasteiger charge is 2.51. The Morgan fingerprint density at radius 2 is 1.13 bits per heavy atom. The van der Waals surface area contributed by atoms with Crippen molar-refractivity contribution >= 4 is 74.1 Å². The third-order valence-corrected chi connectivity index (χ3v) is 23.7. The molecule has 2 aromatic heterocycles. The summed E-state index contributed by atoms with van der Waals surface area (Å²) in [7, 11) is -9.11. The fraction of sp³-hybridized carbons (Fsp3) is 0.104. The van der Waals surface area contributed by atoms with Crippen molar-refractivity contribution in [2.45, 2.75) is 30.8 Å². The molecule has 4 nitrogen and oxygen atoms in total. The number of hydrogen-bond acceptors (Lipinski definition) is 2. The Labute approximate surface area is 329 Å². The average Bonchev–Trinajstić information content (AvgIpc) is 3.75. The average molecular weight is 764 g/mol. The van der Waals surface area contributed by atoms with E-state index in [-0.39, 0.29) is 0 Å². The highest BCUT2D eigenvalue weighted by atomic mass is 28.3. The van der Waals surface area contributed by atoms with Crippen LogP contribution in [0, 0.1) is 0 Å². The summed E-state index contributed by atoms with van der Waals surface area (Å²) < 4.78 is 31.3. The quantitative estimate of drug-likeness (QED) is 0.121. The van der Waals surface area contributed by atoms with E-state index in [0.29, 0.717) is 0 Å². The molecule has 55 heavy (non-hydrogen) atoms. The van der Waals surface area contributed by atoms with E-state index < -0.39 is 30.2 Å². The number of ether oxygens (including phenoxy) is 1. The summed E-state index contributed by atoms with van der Waals surface area (Å²) in [6, 6.07) is 62.8. The number of rotatable bonds is 7. The first-order valence-corrected chi connectivity index (χ1v) is 26.1. The Bertz CT molecular complexity index is 2930. The summed E-state index contributed by atoms with van der Waals surface area (Å²) in [4.78, 5) is 5.23. The molecule has 0 bridgehead atoms. The molecule has 0 spiro atoms. The molecule has 3 heterocycles. The van der Waals surface area contributed by atoms with Crippen molar-refractivity contribution in [2.75, 3.05) is 0 Å². The summed E-state index contributed by atoms with van der Waals surface area (Å²) in [6.07, 6.45) is 0. The van der Waals surface area contributed by atoms with Gasteiger partial charge < -0.3 is 4.74 Å². The van der Waals surface area contributed by atoms with Gasteiger partial charge in [-0.25, -0.2) is 4.98 Å². The zero-order valence-corrected chi connectivity index (χ0v) is 34.5. The minimum absolute atomic E-state index is 0.756. The Kier molecular flexibility index (Phi) is 7.44. The highest BCUT2D eigenvalue weighted by molar-refractivity contribution is 7.20. The molecular weight excluding hydrogens is 719 g/mol. The van der Waals surface area contributed by atoms with Crippen LogP contribution in [-0.4, -0.2) is 42.0 Å². The standard InChI is InChI=1S/C48H43N3OSi3/c1-53(2)48(54(3)4)38-25-11-16-31-44(38)52-46-39(48)26-18-32-45(46)55(35-20-7-5-8-21-35,36-22-9-6-10-23-36)37-24-17-19-34(33-37)50-42-29-14-15-30-43(42)51-41-28-13-12-27-40(41)49-47(50)51/h5-33,53-54H,1-4H3/i53D,54D. The molecule has 1 aliphatic heterocycles. The van der Waals surface area contributed by atoms with Gasteiger partial charge in [0.15, 0.2) is 8.07 Å². The van der Waals surface area contributed by atoms with Gasteiger partial charge in [-0.2, -0.15) is 0 Å². The first-order chi connectivity index (χ1) is 27.6. The molecule has 0 N–H and O–H groups in total. The molecule has 0 saturated carbocycles. The highest BCUT2D eigenvalue weighted by Crippen LogP contribution is 2.50. The van der Waals surface area contributed by atoms with Gasteiger partial charge in [-0.05, 0) is 74.3 Å². The van der Waals surface area contributed by atoms with E-state index in [4.69, 9.17) is 9.72 Å². The van der Waals surface area contributed by atoms with Gasteiger partial charge in [-0.1, -0.05) is 160 Å². The van der Waals surface area contributed by atoms with E-state index in [1.165, 1.54) is 15.6 Å². The minimum Gasteiger partial charge on any atom is -0.457 e. The molecule has 7 aromatic carbocycles. The Balaban J connectivity index is 1.34. The van der Waals surface area contributed by atoms with Crippen molar-refractivity contribution in [3.63, 3.8) is 0 Å². The second-order valence-corrected chi connectivity index (χ2v) is 24.9. The van der Waals surface area contributed by atoms with Crippen LogP contribution in [0.15, 0.2) is 176 Å². The molecule has 0 fully saturated rings. The number of fused-ring (bicyclic) bond motifs is 7. The topological polar surface area (TPSA) is 31.5 Å². The van der Waals surface area contributed by atoms with Gasteiger partial charge in [0.25, 0.3) is 0 Å². The van der Waals surface area contributed by atoms with Crippen molar-refractivity contribution in [1.29, 1.82) is 2.47 Å². The van der Waals surface area contributed by atoms with E-state index >= 15 is 0 Å². The first kappa shape index (κ1) is 31.6. The Morgan fingerprint density at radius 1 is 0.564 bits per heavy atom. The SMILES string of the molecule is [2H][Si](C)(C)C1([Si]([2H])(C)C)c2ccccc2Oc2c1cccc2[Si](c1ccccc1)(c1ccccc1)c1cccc(-n2c3ccccc3n3c4ccccc4nc23)c1. The molecule has 0 atom stereocenters. The van der Waals surface area contributed by atoms with Gasteiger partial charge >= 0.3 is 0 Å². The zero-order chi connectivity index (χ0) is 39.2. The van der Waals surface area contributed by atoms with Crippen LogP contribution in [0.3, 0.4) is 0 Å². The van der Waals surface area contributed by atoms with Gasteiger partial charge in [0.2, 0.25) is 5.78 Å². The molecule has 10 rings (SSSR count). The van der Waals surface area contributed by atoms with Crippen LogP contribution < -0.4 is 25.5 Å². The molecule has 9 aromatic rings. The van der Waals surface area contributed by atoms with Crippen LogP contribution in [0.25, 0.3) is 33.5 Å². The molecule has 268 valence electrons.